The molecule has 0 atom stereocenters. The number of methoxy groups -OCH3 is 1. The zero-order valence-electron chi connectivity index (χ0n) is 24.9. The molecule has 43 heavy (non-hydrogen) atoms. The maximum atomic E-state index is 14.1. The van der Waals surface area contributed by atoms with E-state index in [2.05, 4.69) is 0 Å². The number of hydrogen-bond acceptors (Lipinski definition) is 4. The van der Waals surface area contributed by atoms with Gasteiger partial charge in [-0.1, -0.05) is 78.9 Å². The average molecular weight is 579 g/mol. The third-order valence-corrected chi connectivity index (χ3v) is 7.37. The summed E-state index contributed by atoms with van der Waals surface area (Å²) in [6, 6.07) is 32.0. The van der Waals surface area contributed by atoms with Gasteiger partial charge < -0.3 is 19.6 Å². The largest absolute Gasteiger partial charge is 0.497 e. The highest BCUT2D eigenvalue weighted by Crippen LogP contribution is 2.30. The van der Waals surface area contributed by atoms with Crippen molar-refractivity contribution >= 4 is 17.8 Å². The molecule has 0 heterocycles. The van der Waals surface area contributed by atoms with Gasteiger partial charge in [0.25, 0.3) is 11.8 Å². The molecule has 0 unspecified atom stereocenters. The number of carboxylic acids is 1. The summed E-state index contributed by atoms with van der Waals surface area (Å²) in [5.74, 6) is -0.671. The van der Waals surface area contributed by atoms with Crippen molar-refractivity contribution in [1.29, 1.82) is 0 Å². The highest BCUT2D eigenvalue weighted by molar-refractivity contribution is 6.06. The predicted molar refractivity (Wildman–Crippen MR) is 168 cm³/mol. The van der Waals surface area contributed by atoms with E-state index < -0.39 is 5.97 Å². The van der Waals surface area contributed by atoms with Crippen molar-refractivity contribution in [3.05, 3.63) is 125 Å². The zero-order valence-corrected chi connectivity index (χ0v) is 24.9. The number of nitrogens with zero attached hydrogens (tertiary/aromatic N) is 2. The summed E-state index contributed by atoms with van der Waals surface area (Å²) >= 11 is 0. The van der Waals surface area contributed by atoms with E-state index in [1.54, 1.807) is 30.2 Å². The molecule has 0 aliphatic heterocycles. The molecule has 7 heteroatoms. The quantitative estimate of drug-likeness (QED) is 0.194. The number of aliphatic carboxylic acids is 1. The maximum Gasteiger partial charge on any atom is 0.305 e. The summed E-state index contributed by atoms with van der Waals surface area (Å²) in [5.41, 5.74) is 4.20. The van der Waals surface area contributed by atoms with E-state index in [1.807, 2.05) is 104 Å². The number of benzene rings is 4. The van der Waals surface area contributed by atoms with E-state index in [9.17, 15) is 19.5 Å². The topological polar surface area (TPSA) is 87.1 Å². The molecule has 1 N–H and O–H groups in total. The van der Waals surface area contributed by atoms with Gasteiger partial charge in [0.2, 0.25) is 0 Å². The molecule has 0 saturated heterocycles. The number of rotatable bonds is 13. The first kappa shape index (κ1) is 31.0. The van der Waals surface area contributed by atoms with Crippen LogP contribution in [0.3, 0.4) is 0 Å². The minimum Gasteiger partial charge on any atom is -0.497 e. The summed E-state index contributed by atoms with van der Waals surface area (Å²) in [7, 11) is 1.60. The summed E-state index contributed by atoms with van der Waals surface area (Å²) < 4.78 is 5.33. The first-order chi connectivity index (χ1) is 20.8. The van der Waals surface area contributed by atoms with Gasteiger partial charge in [-0.25, -0.2) is 0 Å². The second kappa shape index (κ2) is 14.8. The molecule has 0 fully saturated rings. The lowest BCUT2D eigenvalue weighted by Gasteiger charge is -2.28. The van der Waals surface area contributed by atoms with Crippen LogP contribution in [-0.2, 0) is 17.8 Å². The number of carbonyl (C=O) groups is 3. The van der Waals surface area contributed by atoms with Crippen LogP contribution in [0, 0.1) is 0 Å². The summed E-state index contributed by atoms with van der Waals surface area (Å²) in [4.78, 5) is 43.0. The van der Waals surface area contributed by atoms with E-state index in [1.165, 1.54) is 0 Å². The zero-order chi connectivity index (χ0) is 30.8. The van der Waals surface area contributed by atoms with Gasteiger partial charge in [0.05, 0.1) is 13.5 Å². The van der Waals surface area contributed by atoms with Crippen molar-refractivity contribution in [3.8, 4) is 16.9 Å². The van der Waals surface area contributed by atoms with Crippen LogP contribution in [0.15, 0.2) is 103 Å². The first-order valence-electron chi connectivity index (χ1n) is 14.5. The van der Waals surface area contributed by atoms with E-state index in [0.717, 1.165) is 16.9 Å². The van der Waals surface area contributed by atoms with Crippen LogP contribution in [-0.4, -0.2) is 58.9 Å². The average Bonchev–Trinajstić information content (AvgIpc) is 3.03. The Kier molecular flexibility index (Phi) is 10.7. The van der Waals surface area contributed by atoms with E-state index in [-0.39, 0.29) is 30.8 Å². The van der Waals surface area contributed by atoms with Crippen molar-refractivity contribution in [2.24, 2.45) is 0 Å². The van der Waals surface area contributed by atoms with Crippen molar-refractivity contribution in [3.63, 3.8) is 0 Å². The molecular weight excluding hydrogens is 540 g/mol. The van der Waals surface area contributed by atoms with Crippen LogP contribution >= 0.6 is 0 Å². The summed E-state index contributed by atoms with van der Waals surface area (Å²) in [5, 5.41) is 9.40. The van der Waals surface area contributed by atoms with Crippen LogP contribution in [0.25, 0.3) is 11.1 Å². The second-order valence-electron chi connectivity index (χ2n) is 10.6. The van der Waals surface area contributed by atoms with Crippen LogP contribution in [0.5, 0.6) is 5.75 Å². The van der Waals surface area contributed by atoms with E-state index >= 15 is 0 Å². The van der Waals surface area contributed by atoms with Gasteiger partial charge in [-0.05, 0) is 66.8 Å². The van der Waals surface area contributed by atoms with Gasteiger partial charge in [-0.2, -0.15) is 0 Å². The standard InChI is InChI=1S/C36H38N2O5/c1-26(2)38(25-28-12-5-4-6-13-28)36(42)33-19-10-8-17-31(33)30-16-7-9-18-32(30)35(41)37(23-21-34(39)40)22-20-27-14-11-15-29(24-27)43-3/h4-19,24,26H,20-23,25H2,1-3H3,(H,39,40). The smallest absolute Gasteiger partial charge is 0.305 e. The Morgan fingerprint density at radius 1 is 0.721 bits per heavy atom. The van der Waals surface area contributed by atoms with Gasteiger partial charge in [-0.3, -0.25) is 14.4 Å². The molecule has 0 saturated carbocycles. The molecule has 4 aromatic rings. The summed E-state index contributed by atoms with van der Waals surface area (Å²) in [6.07, 6.45) is 0.354. The Morgan fingerprint density at radius 3 is 1.91 bits per heavy atom. The fraction of sp³-hybridized carbons (Fsp3) is 0.250. The Bertz CT molecular complexity index is 1550. The Hall–Kier alpha value is -4.91. The van der Waals surface area contributed by atoms with Crippen molar-refractivity contribution in [1.82, 2.24) is 9.80 Å². The van der Waals surface area contributed by atoms with Crippen LogP contribution in [0.2, 0.25) is 0 Å². The predicted octanol–water partition coefficient (Wildman–Crippen LogP) is 6.57. The third-order valence-electron chi connectivity index (χ3n) is 7.37. The fourth-order valence-corrected chi connectivity index (χ4v) is 5.04. The molecule has 0 aromatic heterocycles. The highest BCUT2D eigenvalue weighted by Gasteiger charge is 2.25. The van der Waals surface area contributed by atoms with E-state index in [0.29, 0.717) is 41.8 Å². The molecule has 0 aliphatic carbocycles. The Balaban J connectivity index is 1.67. The summed E-state index contributed by atoms with van der Waals surface area (Å²) in [6.45, 7) is 4.82. The molecule has 0 spiro atoms. The minimum atomic E-state index is -0.976. The number of hydrogen-bond donors (Lipinski definition) is 1. The van der Waals surface area contributed by atoms with Gasteiger partial charge in [0.15, 0.2) is 0 Å². The Labute approximate surface area is 253 Å². The monoisotopic (exact) mass is 578 g/mol. The molecule has 0 radical (unpaired) electrons. The normalized spacial score (nSPS) is 10.8. The highest BCUT2D eigenvalue weighted by atomic mass is 16.5. The van der Waals surface area contributed by atoms with Crippen molar-refractivity contribution in [2.45, 2.75) is 39.3 Å². The molecule has 7 nitrogen and oxygen atoms in total. The number of amides is 2. The molecule has 0 bridgehead atoms. The van der Waals surface area contributed by atoms with Crippen LogP contribution < -0.4 is 4.74 Å². The van der Waals surface area contributed by atoms with Crippen LogP contribution in [0.1, 0.15) is 52.1 Å². The lowest BCUT2D eigenvalue weighted by molar-refractivity contribution is -0.137. The van der Waals surface area contributed by atoms with Gasteiger partial charge in [0.1, 0.15) is 5.75 Å². The number of carboxylic acid groups (broad SMARTS) is 1. The number of ether oxygens (including phenoxy) is 1. The molecule has 222 valence electrons. The fourth-order valence-electron chi connectivity index (χ4n) is 5.04. The number of carbonyl (C=O) groups excluding carboxylic acids is 2. The van der Waals surface area contributed by atoms with Gasteiger partial charge in [0, 0.05) is 36.8 Å². The third kappa shape index (κ3) is 8.10. The Morgan fingerprint density at radius 2 is 1.30 bits per heavy atom. The first-order valence-corrected chi connectivity index (χ1v) is 14.5. The second-order valence-corrected chi connectivity index (χ2v) is 10.6. The molecule has 4 aromatic carbocycles. The lowest BCUT2D eigenvalue weighted by atomic mass is 9.93. The van der Waals surface area contributed by atoms with Crippen molar-refractivity contribution in [2.75, 3.05) is 20.2 Å². The molecule has 4 rings (SSSR count). The molecule has 0 aliphatic rings. The van der Waals surface area contributed by atoms with Gasteiger partial charge >= 0.3 is 5.97 Å². The van der Waals surface area contributed by atoms with Crippen molar-refractivity contribution < 1.29 is 24.2 Å². The lowest BCUT2D eigenvalue weighted by Crippen LogP contribution is -2.37. The SMILES string of the molecule is COc1cccc(CCN(CCC(=O)O)C(=O)c2ccccc2-c2ccccc2C(=O)N(Cc2ccccc2)C(C)C)c1. The molecule has 2 amide bonds. The van der Waals surface area contributed by atoms with Gasteiger partial charge in [-0.15, -0.1) is 0 Å². The minimum absolute atomic E-state index is 0.0549. The van der Waals surface area contributed by atoms with E-state index in [4.69, 9.17) is 4.74 Å². The molecular formula is C36H38N2O5. The maximum absolute atomic E-state index is 14.1. The van der Waals surface area contributed by atoms with Crippen LogP contribution in [0.4, 0.5) is 0 Å².